The van der Waals surface area contributed by atoms with E-state index < -0.39 is 10.8 Å². The monoisotopic (exact) mass is 255 g/mol. The molecule has 0 fully saturated rings. The van der Waals surface area contributed by atoms with Crippen molar-refractivity contribution in [2.45, 2.75) is 19.4 Å². The first-order valence-electron chi connectivity index (χ1n) is 5.31. The zero-order valence-corrected chi connectivity index (χ0v) is 10.8. The quantitative estimate of drug-likeness (QED) is 0.804. The van der Waals surface area contributed by atoms with Gasteiger partial charge in [-0.3, -0.25) is 14.0 Å². The van der Waals surface area contributed by atoms with Crippen LogP contribution in [-0.4, -0.2) is 33.2 Å². The molecule has 17 heavy (non-hydrogen) atoms. The molecule has 94 valence electrons. The third-order valence-corrected chi connectivity index (χ3v) is 3.12. The molecule has 1 amide bonds. The van der Waals surface area contributed by atoms with Gasteiger partial charge >= 0.3 is 0 Å². The van der Waals surface area contributed by atoms with Crippen LogP contribution in [0.25, 0.3) is 0 Å². The molecule has 0 aliphatic carbocycles. The van der Waals surface area contributed by atoms with Crippen molar-refractivity contribution in [3.8, 4) is 0 Å². The summed E-state index contributed by atoms with van der Waals surface area (Å²) in [6.07, 6.45) is 5.30. The number of carbonyl (C=O) groups is 1. The number of amides is 1. The summed E-state index contributed by atoms with van der Waals surface area (Å²) in [4.78, 5) is 15.6. The van der Waals surface area contributed by atoms with Crippen LogP contribution in [0.15, 0.2) is 18.5 Å². The Kier molecular flexibility index (Phi) is 5.09. The normalized spacial score (nSPS) is 14.0. The maximum atomic E-state index is 11.8. The van der Waals surface area contributed by atoms with E-state index in [-0.39, 0.29) is 11.9 Å². The molecule has 2 unspecified atom stereocenters. The molecule has 1 rings (SSSR count). The lowest BCUT2D eigenvalue weighted by Gasteiger charge is -2.13. The number of nitrogens with zero attached hydrogens (tertiary/aromatic N) is 1. The number of aromatic nitrogens is 1. The van der Waals surface area contributed by atoms with Gasteiger partial charge in [-0.25, -0.2) is 0 Å². The summed E-state index contributed by atoms with van der Waals surface area (Å²) in [6.45, 7) is 1.88. The summed E-state index contributed by atoms with van der Waals surface area (Å²) in [7, 11) is -0.836. The molecule has 6 heteroatoms. The minimum atomic E-state index is -0.836. The molecule has 0 bridgehead atoms. The van der Waals surface area contributed by atoms with Crippen molar-refractivity contribution in [3.05, 3.63) is 24.0 Å². The summed E-state index contributed by atoms with van der Waals surface area (Å²) < 4.78 is 10.9. The van der Waals surface area contributed by atoms with Crippen LogP contribution in [0.5, 0.6) is 0 Å². The summed E-state index contributed by atoms with van der Waals surface area (Å²) in [6, 6.07) is 1.55. The van der Waals surface area contributed by atoms with Crippen molar-refractivity contribution in [1.82, 2.24) is 10.3 Å². The van der Waals surface area contributed by atoms with Gasteiger partial charge in [0, 0.05) is 35.0 Å². The van der Waals surface area contributed by atoms with Gasteiger partial charge in [-0.1, -0.05) is 0 Å². The number of nitrogens with one attached hydrogen (secondary N) is 1. The number of hydrogen-bond acceptors (Lipinski definition) is 4. The molecular weight excluding hydrogens is 238 g/mol. The third-order valence-electron chi connectivity index (χ3n) is 2.31. The molecule has 1 aromatic rings. The number of nitrogens with two attached hydrogens (primary N) is 1. The molecule has 1 heterocycles. The molecule has 0 saturated heterocycles. The van der Waals surface area contributed by atoms with Gasteiger partial charge in [0.05, 0.1) is 17.4 Å². The maximum Gasteiger partial charge on any atom is 0.253 e. The van der Waals surface area contributed by atoms with Crippen LogP contribution in [0.3, 0.4) is 0 Å². The average Bonchev–Trinajstić information content (AvgIpc) is 2.26. The second-order valence-corrected chi connectivity index (χ2v) is 5.46. The lowest BCUT2D eigenvalue weighted by molar-refractivity contribution is 0.0940. The van der Waals surface area contributed by atoms with E-state index in [9.17, 15) is 9.00 Å². The lowest BCUT2D eigenvalue weighted by atomic mass is 10.2. The number of nitrogen functional groups attached to an aromatic ring is 1. The Hall–Kier alpha value is -1.43. The first-order chi connectivity index (χ1) is 8.00. The molecule has 0 radical (unpaired) electrons. The topological polar surface area (TPSA) is 85.1 Å². The second kappa shape index (κ2) is 6.34. The maximum absolute atomic E-state index is 11.8. The van der Waals surface area contributed by atoms with Crippen molar-refractivity contribution in [1.29, 1.82) is 0 Å². The van der Waals surface area contributed by atoms with Gasteiger partial charge in [0.2, 0.25) is 0 Å². The summed E-state index contributed by atoms with van der Waals surface area (Å²) in [5.41, 5.74) is 6.43. The first kappa shape index (κ1) is 13.6. The Bertz CT molecular complexity index is 423. The van der Waals surface area contributed by atoms with Gasteiger partial charge in [0.1, 0.15) is 0 Å². The third kappa shape index (κ3) is 4.52. The molecule has 1 aromatic heterocycles. The van der Waals surface area contributed by atoms with E-state index in [2.05, 4.69) is 10.3 Å². The summed E-state index contributed by atoms with van der Waals surface area (Å²) in [5.74, 6) is 0.354. The van der Waals surface area contributed by atoms with E-state index in [0.29, 0.717) is 23.4 Å². The Labute approximate surface area is 103 Å². The second-order valence-electron chi connectivity index (χ2n) is 3.90. The molecule has 5 nitrogen and oxygen atoms in total. The molecule has 0 aliphatic rings. The minimum absolute atomic E-state index is 0.0287. The zero-order chi connectivity index (χ0) is 12.8. The van der Waals surface area contributed by atoms with Gasteiger partial charge < -0.3 is 11.1 Å². The van der Waals surface area contributed by atoms with Gasteiger partial charge in [0.15, 0.2) is 0 Å². The number of pyridine rings is 1. The van der Waals surface area contributed by atoms with Crippen LogP contribution in [0.1, 0.15) is 23.7 Å². The van der Waals surface area contributed by atoms with Crippen LogP contribution >= 0.6 is 0 Å². The smallest absolute Gasteiger partial charge is 0.253 e. The van der Waals surface area contributed by atoms with Gasteiger partial charge in [-0.15, -0.1) is 0 Å². The summed E-state index contributed by atoms with van der Waals surface area (Å²) in [5, 5.41) is 2.81. The van der Waals surface area contributed by atoms with E-state index in [4.69, 9.17) is 5.73 Å². The molecule has 3 N–H and O–H groups in total. The van der Waals surface area contributed by atoms with Gasteiger partial charge in [-0.05, 0) is 19.4 Å². The van der Waals surface area contributed by atoms with E-state index in [1.807, 2.05) is 6.92 Å². The zero-order valence-electron chi connectivity index (χ0n) is 9.97. The van der Waals surface area contributed by atoms with Crippen molar-refractivity contribution >= 4 is 22.4 Å². The predicted molar refractivity (Wildman–Crippen MR) is 69.1 cm³/mol. The Morgan fingerprint density at radius 3 is 2.94 bits per heavy atom. The molecule has 0 aliphatic heterocycles. The van der Waals surface area contributed by atoms with Crippen molar-refractivity contribution in [2.24, 2.45) is 0 Å². The fourth-order valence-electron chi connectivity index (χ4n) is 1.33. The van der Waals surface area contributed by atoms with E-state index in [1.165, 1.54) is 12.4 Å². The van der Waals surface area contributed by atoms with Crippen molar-refractivity contribution in [2.75, 3.05) is 17.7 Å². The Morgan fingerprint density at radius 2 is 2.35 bits per heavy atom. The number of hydrogen-bond donors (Lipinski definition) is 2. The Balaban J connectivity index is 2.55. The fourth-order valence-corrected chi connectivity index (χ4v) is 2.02. The number of anilines is 1. The largest absolute Gasteiger partial charge is 0.397 e. The molecule has 2 atom stereocenters. The van der Waals surface area contributed by atoms with E-state index in [1.54, 1.807) is 12.3 Å². The predicted octanol–water partition coefficient (Wildman–Crippen LogP) is 0.551. The minimum Gasteiger partial charge on any atom is -0.397 e. The van der Waals surface area contributed by atoms with Crippen molar-refractivity contribution in [3.63, 3.8) is 0 Å². The van der Waals surface area contributed by atoms with Crippen LogP contribution < -0.4 is 11.1 Å². The molecule has 0 saturated carbocycles. The van der Waals surface area contributed by atoms with Gasteiger partial charge in [0.25, 0.3) is 5.91 Å². The standard InChI is InChI=1S/C11H17N3O2S/c1-8(4-6-17(2)16)14-11(15)9-3-5-13-7-10(9)12/h3,5,7-8H,4,6,12H2,1-2H3,(H,14,15). The molecule has 0 aromatic carbocycles. The average molecular weight is 255 g/mol. The van der Waals surface area contributed by atoms with Gasteiger partial charge in [-0.2, -0.15) is 0 Å². The van der Waals surface area contributed by atoms with Crippen LogP contribution in [-0.2, 0) is 10.8 Å². The number of rotatable bonds is 5. The highest BCUT2D eigenvalue weighted by Gasteiger charge is 2.12. The fraction of sp³-hybridized carbons (Fsp3) is 0.455. The lowest BCUT2D eigenvalue weighted by Crippen LogP contribution is -2.33. The molecular formula is C11H17N3O2S. The highest BCUT2D eigenvalue weighted by atomic mass is 32.2. The highest BCUT2D eigenvalue weighted by Crippen LogP contribution is 2.08. The SMILES string of the molecule is CC(CCS(C)=O)NC(=O)c1ccncc1N. The summed E-state index contributed by atoms with van der Waals surface area (Å²) >= 11 is 0. The van der Waals surface area contributed by atoms with E-state index in [0.717, 1.165) is 0 Å². The highest BCUT2D eigenvalue weighted by molar-refractivity contribution is 7.84. The first-order valence-corrected chi connectivity index (χ1v) is 7.03. The van der Waals surface area contributed by atoms with E-state index >= 15 is 0 Å². The van der Waals surface area contributed by atoms with Crippen LogP contribution in [0, 0.1) is 0 Å². The van der Waals surface area contributed by atoms with Crippen molar-refractivity contribution < 1.29 is 9.00 Å². The Morgan fingerprint density at radius 1 is 1.65 bits per heavy atom. The number of carbonyl (C=O) groups excluding carboxylic acids is 1. The molecule has 0 spiro atoms. The van der Waals surface area contributed by atoms with Crippen LogP contribution in [0.4, 0.5) is 5.69 Å². The van der Waals surface area contributed by atoms with Crippen LogP contribution in [0.2, 0.25) is 0 Å².